The Kier molecular flexibility index (Phi) is 3.35. The molecule has 5 heteroatoms. The number of hydrogen-bond acceptors (Lipinski definition) is 3. The van der Waals surface area contributed by atoms with Crippen LogP contribution in [0, 0.1) is 0 Å². The molecule has 3 N–H and O–H groups in total. The smallest absolute Gasteiger partial charge is 0.244 e. The predicted molar refractivity (Wildman–Crippen MR) is 88.6 cm³/mol. The first-order chi connectivity index (χ1) is 11.2. The van der Waals surface area contributed by atoms with Crippen LogP contribution in [0.5, 0.6) is 0 Å². The fourth-order valence-corrected chi connectivity index (χ4v) is 3.28. The molecule has 1 atom stereocenters. The summed E-state index contributed by atoms with van der Waals surface area (Å²) in [4.78, 5) is 14.6. The molecule has 23 heavy (non-hydrogen) atoms. The van der Waals surface area contributed by atoms with Crippen molar-refractivity contribution in [3.63, 3.8) is 0 Å². The molecule has 0 saturated heterocycles. The molecule has 1 amide bonds. The minimum Gasteiger partial charge on any atom is -0.336 e. The highest BCUT2D eigenvalue weighted by atomic mass is 16.2. The minimum absolute atomic E-state index is 0.0193. The Balaban J connectivity index is 1.59. The largest absolute Gasteiger partial charge is 0.336 e. The van der Waals surface area contributed by atoms with E-state index in [1.807, 2.05) is 47.5 Å². The third-order valence-corrected chi connectivity index (χ3v) is 4.56. The van der Waals surface area contributed by atoms with Gasteiger partial charge < -0.3 is 10.6 Å². The molecule has 0 spiro atoms. The Labute approximate surface area is 134 Å². The number of rotatable bonds is 2. The lowest BCUT2D eigenvalue weighted by molar-refractivity contribution is -0.133. The Morgan fingerprint density at radius 1 is 1.22 bits per heavy atom. The maximum atomic E-state index is 12.7. The lowest BCUT2D eigenvalue weighted by Crippen LogP contribution is -2.41. The average Bonchev–Trinajstić information content (AvgIpc) is 3.10. The van der Waals surface area contributed by atoms with Gasteiger partial charge in [-0.05, 0) is 29.2 Å². The SMILES string of the molecule is N[C@H](C(=O)N1CCc2c(ccc3[nH]ncc23)C1)c1ccccc1. The van der Waals surface area contributed by atoms with Gasteiger partial charge in [0.2, 0.25) is 5.91 Å². The summed E-state index contributed by atoms with van der Waals surface area (Å²) >= 11 is 0. The molecule has 2 aromatic carbocycles. The van der Waals surface area contributed by atoms with Gasteiger partial charge in [0.1, 0.15) is 6.04 Å². The van der Waals surface area contributed by atoms with Crippen LogP contribution >= 0.6 is 0 Å². The maximum absolute atomic E-state index is 12.7. The van der Waals surface area contributed by atoms with Gasteiger partial charge >= 0.3 is 0 Å². The summed E-state index contributed by atoms with van der Waals surface area (Å²) in [6, 6.07) is 13.0. The summed E-state index contributed by atoms with van der Waals surface area (Å²) < 4.78 is 0. The van der Waals surface area contributed by atoms with E-state index in [9.17, 15) is 4.79 Å². The average molecular weight is 306 g/mol. The van der Waals surface area contributed by atoms with Crippen LogP contribution in [0.15, 0.2) is 48.7 Å². The van der Waals surface area contributed by atoms with Crippen LogP contribution in [0.1, 0.15) is 22.7 Å². The zero-order chi connectivity index (χ0) is 15.8. The summed E-state index contributed by atoms with van der Waals surface area (Å²) in [5.41, 5.74) is 10.5. The summed E-state index contributed by atoms with van der Waals surface area (Å²) in [6.45, 7) is 1.30. The van der Waals surface area contributed by atoms with Crippen molar-refractivity contribution in [1.82, 2.24) is 15.1 Å². The number of H-pyrrole nitrogens is 1. The predicted octanol–water partition coefficient (Wildman–Crippen LogP) is 2.15. The summed E-state index contributed by atoms with van der Waals surface area (Å²) in [5.74, 6) is -0.0193. The molecule has 3 aromatic rings. The minimum atomic E-state index is -0.601. The first kappa shape index (κ1) is 14.0. The van der Waals surface area contributed by atoms with Crippen LogP contribution in [0.25, 0.3) is 10.9 Å². The first-order valence-electron chi connectivity index (χ1n) is 7.77. The van der Waals surface area contributed by atoms with Crippen LogP contribution in [0.3, 0.4) is 0 Å². The molecule has 1 aliphatic rings. The standard InChI is InChI=1S/C18H18N4O/c19-17(12-4-2-1-3-5-12)18(23)22-9-8-14-13(11-22)6-7-16-15(14)10-20-21-16/h1-7,10,17H,8-9,11,19H2,(H,20,21)/t17-/m0/s1. The van der Waals surface area contributed by atoms with Gasteiger partial charge in [0, 0.05) is 18.5 Å². The Bertz CT molecular complexity index is 856. The van der Waals surface area contributed by atoms with Crippen molar-refractivity contribution >= 4 is 16.8 Å². The van der Waals surface area contributed by atoms with E-state index in [2.05, 4.69) is 16.3 Å². The highest BCUT2D eigenvalue weighted by Gasteiger charge is 2.26. The topological polar surface area (TPSA) is 75.0 Å². The van der Waals surface area contributed by atoms with Crippen LogP contribution in [-0.2, 0) is 17.8 Å². The van der Waals surface area contributed by atoms with E-state index in [1.54, 1.807) is 0 Å². The van der Waals surface area contributed by atoms with Crippen molar-refractivity contribution in [2.45, 2.75) is 19.0 Å². The maximum Gasteiger partial charge on any atom is 0.244 e. The number of nitrogens with zero attached hydrogens (tertiary/aromatic N) is 2. The quantitative estimate of drug-likeness (QED) is 0.762. The fourth-order valence-electron chi connectivity index (χ4n) is 3.28. The Morgan fingerprint density at radius 2 is 2.04 bits per heavy atom. The number of aromatic amines is 1. The van der Waals surface area contributed by atoms with Gasteiger partial charge in [-0.15, -0.1) is 0 Å². The molecule has 2 heterocycles. The number of aromatic nitrogens is 2. The van der Waals surface area contributed by atoms with Crippen LogP contribution in [0.4, 0.5) is 0 Å². The van der Waals surface area contributed by atoms with Crippen molar-refractivity contribution in [1.29, 1.82) is 0 Å². The van der Waals surface area contributed by atoms with Gasteiger partial charge in [0.15, 0.2) is 0 Å². The summed E-state index contributed by atoms with van der Waals surface area (Å²) in [6.07, 6.45) is 2.70. The molecule has 0 bridgehead atoms. The van der Waals surface area contributed by atoms with Gasteiger partial charge in [0.05, 0.1) is 11.7 Å². The third kappa shape index (κ3) is 2.39. The lowest BCUT2D eigenvalue weighted by Gasteiger charge is -2.31. The van der Waals surface area contributed by atoms with Crippen LogP contribution in [-0.4, -0.2) is 27.5 Å². The van der Waals surface area contributed by atoms with Crippen molar-refractivity contribution in [2.75, 3.05) is 6.54 Å². The third-order valence-electron chi connectivity index (χ3n) is 4.56. The molecule has 0 aliphatic carbocycles. The number of amides is 1. The molecule has 116 valence electrons. The van der Waals surface area contributed by atoms with E-state index in [0.29, 0.717) is 13.1 Å². The zero-order valence-electron chi connectivity index (χ0n) is 12.7. The molecule has 1 aromatic heterocycles. The monoisotopic (exact) mass is 306 g/mol. The second-order valence-electron chi connectivity index (χ2n) is 5.93. The Morgan fingerprint density at radius 3 is 2.87 bits per heavy atom. The zero-order valence-corrected chi connectivity index (χ0v) is 12.7. The number of carbonyl (C=O) groups is 1. The molecule has 0 radical (unpaired) electrons. The number of benzene rings is 2. The molecule has 0 saturated carbocycles. The lowest BCUT2D eigenvalue weighted by atomic mass is 9.95. The van der Waals surface area contributed by atoms with E-state index >= 15 is 0 Å². The van der Waals surface area contributed by atoms with E-state index in [0.717, 1.165) is 22.9 Å². The van der Waals surface area contributed by atoms with E-state index in [-0.39, 0.29) is 5.91 Å². The molecule has 0 fully saturated rings. The second-order valence-corrected chi connectivity index (χ2v) is 5.93. The molecule has 5 nitrogen and oxygen atoms in total. The number of carbonyl (C=O) groups excluding carboxylic acids is 1. The number of fused-ring (bicyclic) bond motifs is 3. The van der Waals surface area contributed by atoms with Crippen molar-refractivity contribution in [3.8, 4) is 0 Å². The molecule has 4 rings (SSSR count). The van der Waals surface area contributed by atoms with Crippen LogP contribution in [0.2, 0.25) is 0 Å². The summed E-state index contributed by atoms with van der Waals surface area (Å²) in [7, 11) is 0. The molecular weight excluding hydrogens is 288 g/mol. The van der Waals surface area contributed by atoms with Gasteiger partial charge in [-0.25, -0.2) is 0 Å². The first-order valence-corrected chi connectivity index (χ1v) is 7.77. The second kappa shape index (κ2) is 5.52. The van der Waals surface area contributed by atoms with E-state index in [1.165, 1.54) is 11.1 Å². The van der Waals surface area contributed by atoms with Gasteiger partial charge in [-0.3, -0.25) is 9.89 Å². The number of nitrogens with two attached hydrogens (primary N) is 1. The van der Waals surface area contributed by atoms with Gasteiger partial charge in [-0.2, -0.15) is 5.10 Å². The normalized spacial score (nSPS) is 15.4. The van der Waals surface area contributed by atoms with E-state index in [4.69, 9.17) is 5.73 Å². The highest BCUT2D eigenvalue weighted by molar-refractivity contribution is 5.86. The van der Waals surface area contributed by atoms with Crippen molar-refractivity contribution < 1.29 is 4.79 Å². The van der Waals surface area contributed by atoms with Gasteiger partial charge in [-0.1, -0.05) is 36.4 Å². The molecular formula is C18H18N4O. The van der Waals surface area contributed by atoms with Gasteiger partial charge in [0.25, 0.3) is 0 Å². The molecule has 0 unspecified atom stereocenters. The van der Waals surface area contributed by atoms with E-state index < -0.39 is 6.04 Å². The highest BCUT2D eigenvalue weighted by Crippen LogP contribution is 2.27. The fraction of sp³-hybridized carbons (Fsp3) is 0.222. The Hall–Kier alpha value is -2.66. The van der Waals surface area contributed by atoms with Crippen LogP contribution < -0.4 is 5.73 Å². The van der Waals surface area contributed by atoms with Crippen molar-refractivity contribution in [2.24, 2.45) is 5.73 Å². The summed E-state index contributed by atoms with van der Waals surface area (Å²) in [5, 5.41) is 8.25. The van der Waals surface area contributed by atoms with Crippen molar-refractivity contribution in [3.05, 3.63) is 65.4 Å². The number of nitrogens with one attached hydrogen (secondary N) is 1. The molecule has 1 aliphatic heterocycles. The number of hydrogen-bond donors (Lipinski definition) is 2.